The van der Waals surface area contributed by atoms with Gasteiger partial charge in [0.25, 0.3) is 20.1 Å². The molecule has 0 N–H and O–H groups in total. The van der Waals surface area contributed by atoms with Crippen molar-refractivity contribution in [2.24, 2.45) is 0 Å². The second-order valence-electron chi connectivity index (χ2n) is 18.7. The molecule has 9 heteroatoms. The number of benzene rings is 10. The van der Waals surface area contributed by atoms with Gasteiger partial charge in [0.2, 0.25) is 0 Å². The van der Waals surface area contributed by atoms with Gasteiger partial charge in [-0.3, -0.25) is 0 Å². The van der Waals surface area contributed by atoms with Gasteiger partial charge in [0.05, 0.1) is 5.69 Å². The van der Waals surface area contributed by atoms with E-state index in [4.69, 9.17) is 14.2 Å². The van der Waals surface area contributed by atoms with E-state index >= 15 is 0 Å². The van der Waals surface area contributed by atoms with Gasteiger partial charge in [0.1, 0.15) is 34.5 Å². The second kappa shape index (κ2) is 13.9. The molecule has 0 saturated heterocycles. The van der Waals surface area contributed by atoms with Crippen LogP contribution in [0.5, 0.6) is 34.5 Å². The van der Waals surface area contributed by atoms with Crippen LogP contribution in [-0.2, 0) is 0 Å². The molecule has 10 aromatic carbocycles. The fraction of sp³-hybridized carbons (Fsp3) is 0. The van der Waals surface area contributed by atoms with E-state index < -0.39 is 0 Å². The van der Waals surface area contributed by atoms with Crippen molar-refractivity contribution in [3.05, 3.63) is 218 Å². The highest BCUT2D eigenvalue weighted by Gasteiger charge is 2.51. The summed E-state index contributed by atoms with van der Waals surface area (Å²) in [6.45, 7) is -0.266. The van der Waals surface area contributed by atoms with Gasteiger partial charge >= 0.3 is 0 Å². The van der Waals surface area contributed by atoms with E-state index in [1.165, 1.54) is 33.0 Å². The van der Waals surface area contributed by atoms with Gasteiger partial charge in [-0.05, 0) is 128 Å². The first-order chi connectivity index (χ1) is 34.2. The molecule has 6 aliphatic heterocycles. The Morgan fingerprint density at radius 1 is 0.290 bits per heavy atom. The molecule has 10 aromatic rings. The lowest BCUT2D eigenvalue weighted by Gasteiger charge is -2.47. The third-order valence-corrected chi connectivity index (χ3v) is 15.2. The van der Waals surface area contributed by atoms with E-state index in [-0.39, 0.29) is 20.1 Å². The summed E-state index contributed by atoms with van der Waals surface area (Å²) in [5, 5.41) is 0. The Morgan fingerprint density at radius 3 is 1.30 bits per heavy atom. The fourth-order valence-electron chi connectivity index (χ4n) is 12.5. The number of fused-ring (bicyclic) bond motifs is 14. The van der Waals surface area contributed by atoms with Crippen molar-refractivity contribution >= 4 is 120 Å². The Labute approximate surface area is 400 Å². The van der Waals surface area contributed by atoms with E-state index in [0.717, 1.165) is 102 Å². The molecule has 0 bridgehead atoms. The molecule has 6 nitrogen and oxygen atoms in total. The van der Waals surface area contributed by atoms with Crippen molar-refractivity contribution in [3.8, 4) is 34.5 Å². The van der Waals surface area contributed by atoms with Gasteiger partial charge in [-0.25, -0.2) is 0 Å². The Hall–Kier alpha value is -8.81. The lowest BCUT2D eigenvalue weighted by Crippen LogP contribution is -2.67. The minimum absolute atomic E-state index is 0.00456. The lowest BCUT2D eigenvalue weighted by molar-refractivity contribution is 0.463. The monoisotopic (exact) mass is 879 g/mol. The van der Waals surface area contributed by atoms with E-state index in [9.17, 15) is 0 Å². The zero-order chi connectivity index (χ0) is 44.9. The maximum Gasteiger partial charge on any atom is 0.256 e. The van der Waals surface area contributed by atoms with E-state index in [1.54, 1.807) is 0 Å². The van der Waals surface area contributed by atoms with Crippen molar-refractivity contribution < 1.29 is 14.2 Å². The second-order valence-corrected chi connectivity index (χ2v) is 18.7. The molecule has 0 aliphatic carbocycles. The van der Waals surface area contributed by atoms with Crippen LogP contribution >= 0.6 is 0 Å². The van der Waals surface area contributed by atoms with Crippen LogP contribution in [0.4, 0.5) is 51.2 Å². The van der Waals surface area contributed by atoms with Crippen LogP contribution in [0, 0.1) is 0 Å². The maximum absolute atomic E-state index is 7.46. The summed E-state index contributed by atoms with van der Waals surface area (Å²) in [5.41, 5.74) is 20.4. The fourth-order valence-corrected chi connectivity index (χ4v) is 12.5. The highest BCUT2D eigenvalue weighted by molar-refractivity contribution is 7.04. The molecule has 6 heterocycles. The van der Waals surface area contributed by atoms with Gasteiger partial charge < -0.3 is 28.9 Å². The molecular weight excluding hydrogens is 843 g/mol. The van der Waals surface area contributed by atoms with Gasteiger partial charge in [-0.15, -0.1) is 0 Å². The number of nitrogens with zero attached hydrogens (tertiary/aromatic N) is 3. The molecule has 69 heavy (non-hydrogen) atoms. The molecular formula is C60H36B3N3O3. The minimum Gasteiger partial charge on any atom is -0.458 e. The Balaban J connectivity index is 0.940. The molecule has 0 aromatic heterocycles. The summed E-state index contributed by atoms with van der Waals surface area (Å²) in [7, 11) is 0. The smallest absolute Gasteiger partial charge is 0.256 e. The predicted octanol–water partition coefficient (Wildman–Crippen LogP) is 8.90. The summed E-state index contributed by atoms with van der Waals surface area (Å²) < 4.78 is 21.7. The van der Waals surface area contributed by atoms with E-state index in [2.05, 4.69) is 233 Å². The molecule has 0 unspecified atom stereocenters. The standard InChI is InChI=1S/C60H36B3N3O3/c1-4-18-37(19-5-1)64(38-20-6-2-7-21-38)40-32-50-57-54(33-40)68-52-35-46-53(34-45(52)62(57)41-24-10-14-28-47(41)65(50)39-22-8-3-9-23-39)69-56-36-55-58-60-59(56)63(46)43-26-12-16-30-49(43)66(60)48-29-15-11-25-42(48)61(58)44-27-13-17-31-51(44)67-55/h1-36H. The van der Waals surface area contributed by atoms with Crippen molar-refractivity contribution in [3.63, 3.8) is 0 Å². The maximum atomic E-state index is 7.46. The van der Waals surface area contributed by atoms with Gasteiger partial charge in [0.15, 0.2) is 0 Å². The number of ether oxygens (including phenoxy) is 3. The molecule has 318 valence electrons. The largest absolute Gasteiger partial charge is 0.458 e. The first-order valence-corrected chi connectivity index (χ1v) is 23.8. The van der Waals surface area contributed by atoms with E-state index in [1.807, 2.05) is 0 Å². The average molecular weight is 879 g/mol. The SMILES string of the molecule is c1ccc(N(c2ccccc2)c2cc3c4c(c2)N(c2ccccc2)c2ccccc2B4c2cc4c(cc2O3)B2c3ccccc3N3c5ccccc5B5c6ccccc6Oc6cc(c2c3c65)O4)cc1. The zero-order valence-corrected chi connectivity index (χ0v) is 37.1. The molecule has 16 rings (SSSR count). The van der Waals surface area contributed by atoms with Crippen LogP contribution < -0.4 is 78.1 Å². The molecule has 0 amide bonds. The normalized spacial score (nSPS) is 14.0. The molecule has 6 aliphatic rings. The number of rotatable bonds is 4. The summed E-state index contributed by atoms with van der Waals surface area (Å²) in [6, 6.07) is 78.4. The summed E-state index contributed by atoms with van der Waals surface area (Å²) in [4.78, 5) is 7.21. The van der Waals surface area contributed by atoms with Crippen LogP contribution in [-0.4, -0.2) is 20.1 Å². The zero-order valence-electron chi connectivity index (χ0n) is 37.1. The summed E-state index contributed by atoms with van der Waals surface area (Å²) in [5.74, 6) is 5.04. The van der Waals surface area contributed by atoms with Crippen molar-refractivity contribution in [1.29, 1.82) is 0 Å². The Morgan fingerprint density at radius 2 is 0.725 bits per heavy atom. The number of para-hydroxylation sites is 7. The molecule has 0 fully saturated rings. The Kier molecular flexibility index (Phi) is 7.50. The quantitative estimate of drug-likeness (QED) is 0.165. The minimum atomic E-state index is -0.142. The van der Waals surface area contributed by atoms with Gasteiger partial charge in [0, 0.05) is 57.6 Å². The Bertz CT molecular complexity index is 3790. The van der Waals surface area contributed by atoms with Crippen LogP contribution in [0.2, 0.25) is 0 Å². The average Bonchev–Trinajstić information content (AvgIpc) is 3.41. The topological polar surface area (TPSA) is 37.4 Å². The number of anilines is 9. The number of hydrogen-bond acceptors (Lipinski definition) is 6. The first-order valence-electron chi connectivity index (χ1n) is 23.8. The molecule has 0 saturated carbocycles. The highest BCUT2D eigenvalue weighted by atomic mass is 16.5. The highest BCUT2D eigenvalue weighted by Crippen LogP contribution is 2.48. The van der Waals surface area contributed by atoms with Gasteiger partial charge in [-0.1, -0.05) is 127 Å². The van der Waals surface area contributed by atoms with Crippen molar-refractivity contribution in [1.82, 2.24) is 0 Å². The van der Waals surface area contributed by atoms with Crippen LogP contribution in [0.1, 0.15) is 0 Å². The van der Waals surface area contributed by atoms with Crippen LogP contribution in [0.15, 0.2) is 218 Å². The third kappa shape index (κ3) is 5.08. The van der Waals surface area contributed by atoms with Crippen LogP contribution in [0.3, 0.4) is 0 Å². The van der Waals surface area contributed by atoms with Crippen molar-refractivity contribution in [2.45, 2.75) is 0 Å². The van der Waals surface area contributed by atoms with Gasteiger partial charge in [-0.2, -0.15) is 0 Å². The molecule has 0 atom stereocenters. The molecule has 0 radical (unpaired) electrons. The van der Waals surface area contributed by atoms with Crippen LogP contribution in [0.25, 0.3) is 0 Å². The van der Waals surface area contributed by atoms with Crippen molar-refractivity contribution in [2.75, 3.05) is 14.7 Å². The first kappa shape index (κ1) is 37.3. The summed E-state index contributed by atoms with van der Waals surface area (Å²) >= 11 is 0. The summed E-state index contributed by atoms with van der Waals surface area (Å²) in [6.07, 6.45) is 0. The lowest BCUT2D eigenvalue weighted by atomic mass is 9.29. The van der Waals surface area contributed by atoms with E-state index in [0.29, 0.717) is 0 Å². The molecule has 0 spiro atoms. The predicted molar refractivity (Wildman–Crippen MR) is 284 cm³/mol. The number of hydrogen-bond donors (Lipinski definition) is 0. The third-order valence-electron chi connectivity index (χ3n) is 15.2.